The van der Waals surface area contributed by atoms with Gasteiger partial charge in [0.05, 0.1) is 0 Å². The Morgan fingerprint density at radius 3 is 2.63 bits per heavy atom. The van der Waals surface area contributed by atoms with Crippen molar-refractivity contribution in [2.45, 2.75) is 26.7 Å². The molecule has 0 amide bonds. The van der Waals surface area contributed by atoms with Gasteiger partial charge >= 0.3 is 0 Å². The molecule has 0 spiro atoms. The summed E-state index contributed by atoms with van der Waals surface area (Å²) in [5.41, 5.74) is 6.07. The summed E-state index contributed by atoms with van der Waals surface area (Å²) in [6.45, 7) is 11.0. The van der Waals surface area contributed by atoms with E-state index >= 15 is 0 Å². The first-order valence-corrected chi connectivity index (χ1v) is 8.05. The number of hydrogen-bond acceptors (Lipinski definition) is 5. The van der Waals surface area contributed by atoms with Gasteiger partial charge in [0.25, 0.3) is 0 Å². The fourth-order valence-electron chi connectivity index (χ4n) is 2.42. The predicted octanol–water partition coefficient (Wildman–Crippen LogP) is 2.03. The van der Waals surface area contributed by atoms with E-state index in [1.165, 1.54) is 24.5 Å². The zero-order chi connectivity index (χ0) is 13.7. The largest absolute Gasteiger partial charge is 0.346 e. The summed E-state index contributed by atoms with van der Waals surface area (Å²) in [5, 5.41) is 3.22. The minimum Gasteiger partial charge on any atom is -0.346 e. The molecule has 108 valence electrons. The molecule has 2 N–H and O–H groups in total. The van der Waals surface area contributed by atoms with Gasteiger partial charge < -0.3 is 10.6 Å². The van der Waals surface area contributed by atoms with E-state index in [1.807, 2.05) is 6.20 Å². The van der Waals surface area contributed by atoms with Crippen LogP contribution < -0.4 is 10.6 Å². The van der Waals surface area contributed by atoms with Gasteiger partial charge in [-0.3, -0.25) is 4.90 Å². The minimum absolute atomic E-state index is 0.294. The summed E-state index contributed by atoms with van der Waals surface area (Å²) in [5.74, 6) is 0. The lowest BCUT2D eigenvalue weighted by molar-refractivity contribution is 0.232. The Morgan fingerprint density at radius 1 is 1.32 bits per heavy atom. The molecular formula is C14H26N4S. The third-order valence-corrected chi connectivity index (χ3v) is 4.77. The molecule has 2 heterocycles. The van der Waals surface area contributed by atoms with Crippen molar-refractivity contribution in [3.05, 3.63) is 11.6 Å². The van der Waals surface area contributed by atoms with Crippen LogP contribution in [0.1, 0.15) is 26.7 Å². The van der Waals surface area contributed by atoms with E-state index in [0.29, 0.717) is 5.41 Å². The normalized spacial score (nSPS) is 17.9. The Kier molecular flexibility index (Phi) is 5.19. The first kappa shape index (κ1) is 14.8. The average molecular weight is 282 g/mol. The quantitative estimate of drug-likeness (QED) is 0.867. The molecule has 1 fully saturated rings. The number of nitrogens with zero attached hydrogens (tertiary/aromatic N) is 3. The van der Waals surface area contributed by atoms with Crippen molar-refractivity contribution in [2.75, 3.05) is 44.2 Å². The Balaban J connectivity index is 1.67. The summed E-state index contributed by atoms with van der Waals surface area (Å²) in [6, 6.07) is 0. The summed E-state index contributed by atoms with van der Waals surface area (Å²) in [7, 11) is 0. The van der Waals surface area contributed by atoms with Crippen LogP contribution in [0.2, 0.25) is 0 Å². The molecule has 1 aliphatic heterocycles. The van der Waals surface area contributed by atoms with E-state index < -0.39 is 0 Å². The molecule has 0 saturated carbocycles. The van der Waals surface area contributed by atoms with Gasteiger partial charge in [0.2, 0.25) is 0 Å². The lowest BCUT2D eigenvalue weighted by Gasteiger charge is -2.35. The van der Waals surface area contributed by atoms with Gasteiger partial charge in [-0.1, -0.05) is 13.8 Å². The maximum atomic E-state index is 5.77. The molecule has 1 saturated heterocycles. The van der Waals surface area contributed by atoms with Crippen LogP contribution in [0.4, 0.5) is 5.13 Å². The second-order valence-corrected chi connectivity index (χ2v) is 6.99. The highest BCUT2D eigenvalue weighted by Gasteiger charge is 2.20. The number of aromatic nitrogens is 1. The number of hydrogen-bond donors (Lipinski definition) is 1. The molecule has 0 atom stereocenters. The molecule has 19 heavy (non-hydrogen) atoms. The van der Waals surface area contributed by atoms with Crippen molar-refractivity contribution in [3.63, 3.8) is 0 Å². The highest BCUT2D eigenvalue weighted by molar-refractivity contribution is 7.13. The van der Waals surface area contributed by atoms with Crippen LogP contribution in [0, 0.1) is 5.41 Å². The van der Waals surface area contributed by atoms with Crippen LogP contribution in [0.15, 0.2) is 11.6 Å². The van der Waals surface area contributed by atoms with Crippen molar-refractivity contribution in [1.82, 2.24) is 9.88 Å². The van der Waals surface area contributed by atoms with Crippen LogP contribution in [-0.2, 0) is 0 Å². The lowest BCUT2D eigenvalue weighted by atomic mass is 9.88. The maximum absolute atomic E-state index is 5.77. The van der Waals surface area contributed by atoms with Gasteiger partial charge in [0.15, 0.2) is 5.13 Å². The van der Waals surface area contributed by atoms with Crippen molar-refractivity contribution in [3.8, 4) is 0 Å². The molecule has 0 unspecified atom stereocenters. The molecule has 1 aromatic heterocycles. The van der Waals surface area contributed by atoms with Crippen LogP contribution in [0.25, 0.3) is 0 Å². The standard InChI is InChI=1S/C14H26N4S/c1-14(2,12-15)4-3-6-17-7-9-18(10-8-17)13-16-5-11-19-13/h5,11H,3-4,6-10,12,15H2,1-2H3. The first-order chi connectivity index (χ1) is 9.11. The molecule has 4 nitrogen and oxygen atoms in total. The number of rotatable bonds is 6. The molecule has 0 aromatic carbocycles. The maximum Gasteiger partial charge on any atom is 0.185 e. The zero-order valence-corrected chi connectivity index (χ0v) is 13.0. The SMILES string of the molecule is CC(C)(CN)CCCN1CCN(c2nccs2)CC1. The first-order valence-electron chi connectivity index (χ1n) is 7.18. The van der Waals surface area contributed by atoms with Gasteiger partial charge in [-0.25, -0.2) is 4.98 Å². The van der Waals surface area contributed by atoms with Crippen molar-refractivity contribution in [1.29, 1.82) is 0 Å². The monoisotopic (exact) mass is 282 g/mol. The fraction of sp³-hybridized carbons (Fsp3) is 0.786. The van der Waals surface area contributed by atoms with E-state index in [9.17, 15) is 0 Å². The van der Waals surface area contributed by atoms with Gasteiger partial charge in [-0.05, 0) is 31.3 Å². The van der Waals surface area contributed by atoms with E-state index in [-0.39, 0.29) is 0 Å². The van der Waals surface area contributed by atoms with Gasteiger partial charge in [0, 0.05) is 37.8 Å². The Bertz CT molecular complexity index is 356. The van der Waals surface area contributed by atoms with E-state index in [0.717, 1.165) is 32.7 Å². The fourth-order valence-corrected chi connectivity index (χ4v) is 3.11. The Labute approximate surface area is 120 Å². The Morgan fingerprint density at radius 2 is 2.05 bits per heavy atom. The van der Waals surface area contributed by atoms with Crippen molar-refractivity contribution >= 4 is 16.5 Å². The highest BCUT2D eigenvalue weighted by atomic mass is 32.1. The van der Waals surface area contributed by atoms with Crippen molar-refractivity contribution in [2.24, 2.45) is 11.1 Å². The van der Waals surface area contributed by atoms with Crippen molar-refractivity contribution < 1.29 is 0 Å². The van der Waals surface area contributed by atoms with E-state index in [2.05, 4.69) is 34.0 Å². The highest BCUT2D eigenvalue weighted by Crippen LogP contribution is 2.22. The van der Waals surface area contributed by atoms with E-state index in [1.54, 1.807) is 11.3 Å². The third kappa shape index (κ3) is 4.44. The molecular weight excluding hydrogens is 256 g/mol. The molecule has 0 aliphatic carbocycles. The second kappa shape index (κ2) is 6.68. The second-order valence-electron chi connectivity index (χ2n) is 6.12. The number of thiazole rings is 1. The number of piperazine rings is 1. The number of anilines is 1. The minimum atomic E-state index is 0.294. The number of nitrogens with two attached hydrogens (primary N) is 1. The molecule has 5 heteroatoms. The average Bonchev–Trinajstić information content (AvgIpc) is 2.93. The lowest BCUT2D eigenvalue weighted by Crippen LogP contribution is -2.46. The van der Waals surface area contributed by atoms with Crippen LogP contribution in [0.3, 0.4) is 0 Å². The van der Waals surface area contributed by atoms with Gasteiger partial charge in [-0.2, -0.15) is 0 Å². The van der Waals surface area contributed by atoms with E-state index in [4.69, 9.17) is 5.73 Å². The molecule has 0 bridgehead atoms. The molecule has 0 radical (unpaired) electrons. The van der Waals surface area contributed by atoms with Crippen LogP contribution in [0.5, 0.6) is 0 Å². The molecule has 1 aliphatic rings. The summed E-state index contributed by atoms with van der Waals surface area (Å²) < 4.78 is 0. The summed E-state index contributed by atoms with van der Waals surface area (Å²) >= 11 is 1.74. The molecule has 1 aromatic rings. The van der Waals surface area contributed by atoms with Crippen LogP contribution in [-0.4, -0.2) is 49.2 Å². The smallest absolute Gasteiger partial charge is 0.185 e. The summed E-state index contributed by atoms with van der Waals surface area (Å²) in [4.78, 5) is 9.34. The predicted molar refractivity (Wildman–Crippen MR) is 82.8 cm³/mol. The summed E-state index contributed by atoms with van der Waals surface area (Å²) in [6.07, 6.45) is 4.36. The molecule has 2 rings (SSSR count). The van der Waals surface area contributed by atoms with Gasteiger partial charge in [0.1, 0.15) is 0 Å². The topological polar surface area (TPSA) is 45.4 Å². The van der Waals surface area contributed by atoms with Crippen LogP contribution >= 0.6 is 11.3 Å². The zero-order valence-electron chi connectivity index (χ0n) is 12.1. The third-order valence-electron chi connectivity index (χ3n) is 3.94. The van der Waals surface area contributed by atoms with Gasteiger partial charge in [-0.15, -0.1) is 11.3 Å². The Hall–Kier alpha value is -0.650.